The average Bonchev–Trinajstić information content (AvgIpc) is 2.77. The summed E-state index contributed by atoms with van der Waals surface area (Å²) in [5, 5.41) is 4.53. The van der Waals surface area contributed by atoms with Crippen molar-refractivity contribution < 1.29 is 0 Å². The zero-order valence-electron chi connectivity index (χ0n) is 10.7. The Labute approximate surface area is 122 Å². The Hall–Kier alpha value is -0.880. The minimum absolute atomic E-state index is 0.00947. The molecule has 0 saturated carbocycles. The van der Waals surface area contributed by atoms with Gasteiger partial charge in [-0.1, -0.05) is 12.1 Å². The van der Waals surface area contributed by atoms with Gasteiger partial charge >= 0.3 is 0 Å². The van der Waals surface area contributed by atoms with E-state index >= 15 is 0 Å². The molecule has 1 unspecified atom stereocenters. The highest BCUT2D eigenvalue weighted by molar-refractivity contribution is 14.1. The molecule has 0 fully saturated rings. The number of nitrogens with zero attached hydrogens (tertiary/aromatic N) is 2. The summed E-state index contributed by atoms with van der Waals surface area (Å²) in [6.07, 6.45) is 2.79. The molecule has 0 aliphatic rings. The van der Waals surface area contributed by atoms with Crippen molar-refractivity contribution in [3.63, 3.8) is 0 Å². The van der Waals surface area contributed by atoms with E-state index in [0.717, 1.165) is 12.1 Å². The Bertz CT molecular complexity index is 519. The minimum atomic E-state index is 0.00947. The van der Waals surface area contributed by atoms with Gasteiger partial charge in [-0.25, -0.2) is 0 Å². The van der Waals surface area contributed by atoms with Crippen LogP contribution >= 0.6 is 22.6 Å². The quantitative estimate of drug-likeness (QED) is 0.856. The fraction of sp³-hybridized carbons (Fsp3) is 0.357. The van der Waals surface area contributed by atoms with Crippen LogP contribution in [0.4, 0.5) is 0 Å². The van der Waals surface area contributed by atoms with Crippen LogP contribution in [0.5, 0.6) is 0 Å². The summed E-state index contributed by atoms with van der Waals surface area (Å²) in [6.45, 7) is 4.24. The second-order valence-corrected chi connectivity index (χ2v) is 5.99. The van der Waals surface area contributed by atoms with Crippen LogP contribution in [0.25, 0.3) is 0 Å². The highest BCUT2D eigenvalue weighted by Gasteiger charge is 2.10. The van der Waals surface area contributed by atoms with Crippen LogP contribution in [0.15, 0.2) is 36.5 Å². The van der Waals surface area contributed by atoms with E-state index in [1.165, 1.54) is 9.13 Å². The summed E-state index contributed by atoms with van der Waals surface area (Å²) in [5.74, 6) is 0. The van der Waals surface area contributed by atoms with Gasteiger partial charge in [0.1, 0.15) is 0 Å². The van der Waals surface area contributed by atoms with Crippen LogP contribution < -0.4 is 5.73 Å². The lowest BCUT2D eigenvalue weighted by Gasteiger charge is -2.11. The summed E-state index contributed by atoms with van der Waals surface area (Å²) in [5.41, 5.74) is 8.45. The maximum atomic E-state index is 6.23. The van der Waals surface area contributed by atoms with Crippen LogP contribution in [0.2, 0.25) is 0 Å². The first-order valence-corrected chi connectivity index (χ1v) is 7.19. The maximum Gasteiger partial charge on any atom is 0.0643 e. The average molecular weight is 355 g/mol. The van der Waals surface area contributed by atoms with Crippen molar-refractivity contribution >= 4 is 22.6 Å². The van der Waals surface area contributed by atoms with Gasteiger partial charge in [0, 0.05) is 28.3 Å². The third kappa shape index (κ3) is 3.32. The van der Waals surface area contributed by atoms with Crippen molar-refractivity contribution in [2.75, 3.05) is 0 Å². The first-order valence-electron chi connectivity index (χ1n) is 6.11. The monoisotopic (exact) mass is 355 g/mol. The number of halogens is 1. The molecule has 1 aromatic heterocycles. The highest BCUT2D eigenvalue weighted by atomic mass is 127. The molecular formula is C14H18IN3. The van der Waals surface area contributed by atoms with Gasteiger partial charge in [-0.05, 0) is 60.2 Å². The Morgan fingerprint density at radius 3 is 2.72 bits per heavy atom. The van der Waals surface area contributed by atoms with Gasteiger partial charge in [0.05, 0.1) is 5.69 Å². The molecule has 0 aliphatic carbocycles. The van der Waals surface area contributed by atoms with Crippen molar-refractivity contribution in [3.8, 4) is 0 Å². The molecular weight excluding hydrogens is 337 g/mol. The molecule has 2 aromatic rings. The van der Waals surface area contributed by atoms with Crippen LogP contribution in [0.3, 0.4) is 0 Å². The number of nitrogens with two attached hydrogens (primary N) is 1. The van der Waals surface area contributed by atoms with Crippen molar-refractivity contribution in [1.29, 1.82) is 0 Å². The van der Waals surface area contributed by atoms with E-state index in [9.17, 15) is 0 Å². The van der Waals surface area contributed by atoms with Crippen molar-refractivity contribution in [2.24, 2.45) is 5.73 Å². The number of hydrogen-bond donors (Lipinski definition) is 1. The maximum absolute atomic E-state index is 6.23. The Morgan fingerprint density at radius 1 is 1.33 bits per heavy atom. The summed E-state index contributed by atoms with van der Waals surface area (Å²) in [7, 11) is 0. The third-order valence-electron chi connectivity index (χ3n) is 2.90. The molecule has 3 nitrogen and oxygen atoms in total. The Kier molecular flexibility index (Phi) is 4.40. The second kappa shape index (κ2) is 5.84. The number of rotatable bonds is 4. The van der Waals surface area contributed by atoms with Crippen molar-refractivity contribution in [2.45, 2.75) is 32.4 Å². The molecule has 0 bridgehead atoms. The fourth-order valence-corrected chi connectivity index (χ4v) is 2.42. The molecule has 0 radical (unpaired) electrons. The van der Waals surface area contributed by atoms with E-state index in [-0.39, 0.29) is 6.04 Å². The smallest absolute Gasteiger partial charge is 0.0643 e. The SMILES string of the molecule is CC(C)n1ccc(CC(N)c2cccc(I)c2)n1. The zero-order valence-corrected chi connectivity index (χ0v) is 12.8. The molecule has 2 rings (SSSR count). The van der Waals surface area contributed by atoms with Gasteiger partial charge in [0.25, 0.3) is 0 Å². The van der Waals surface area contributed by atoms with Gasteiger partial charge in [-0.15, -0.1) is 0 Å². The minimum Gasteiger partial charge on any atom is -0.324 e. The molecule has 4 heteroatoms. The second-order valence-electron chi connectivity index (χ2n) is 4.75. The van der Waals surface area contributed by atoms with E-state index in [1.807, 2.05) is 23.0 Å². The van der Waals surface area contributed by atoms with Crippen LogP contribution in [-0.2, 0) is 6.42 Å². The lowest BCUT2D eigenvalue weighted by Crippen LogP contribution is -2.14. The number of hydrogen-bond acceptors (Lipinski definition) is 2. The lowest BCUT2D eigenvalue weighted by atomic mass is 10.0. The molecule has 2 N–H and O–H groups in total. The predicted octanol–water partition coefficient (Wildman–Crippen LogP) is 3.31. The lowest BCUT2D eigenvalue weighted by molar-refractivity contribution is 0.522. The zero-order chi connectivity index (χ0) is 13.1. The summed E-state index contributed by atoms with van der Waals surface area (Å²) >= 11 is 2.31. The standard InChI is InChI=1S/C14H18IN3/c1-10(2)18-7-6-13(17-18)9-14(16)11-4-3-5-12(15)8-11/h3-8,10,14H,9,16H2,1-2H3. The van der Waals surface area contributed by atoms with E-state index in [0.29, 0.717) is 6.04 Å². The van der Waals surface area contributed by atoms with Gasteiger partial charge in [-0.2, -0.15) is 5.10 Å². The van der Waals surface area contributed by atoms with E-state index in [4.69, 9.17) is 5.73 Å². The first-order chi connectivity index (χ1) is 8.56. The number of benzene rings is 1. The largest absolute Gasteiger partial charge is 0.324 e. The summed E-state index contributed by atoms with van der Waals surface area (Å²) < 4.78 is 3.19. The van der Waals surface area contributed by atoms with E-state index < -0.39 is 0 Å². The topological polar surface area (TPSA) is 43.8 Å². The van der Waals surface area contributed by atoms with Crippen LogP contribution in [-0.4, -0.2) is 9.78 Å². The molecule has 96 valence electrons. The Morgan fingerprint density at radius 2 is 2.11 bits per heavy atom. The van der Waals surface area contributed by atoms with Gasteiger partial charge in [-0.3, -0.25) is 4.68 Å². The van der Waals surface area contributed by atoms with Crippen LogP contribution in [0, 0.1) is 3.57 Å². The van der Waals surface area contributed by atoms with E-state index in [2.05, 4.69) is 59.7 Å². The molecule has 18 heavy (non-hydrogen) atoms. The molecule has 0 spiro atoms. The molecule has 0 aliphatic heterocycles. The Balaban J connectivity index is 2.08. The summed E-state index contributed by atoms with van der Waals surface area (Å²) in [6, 6.07) is 10.8. The fourth-order valence-electron chi connectivity index (χ4n) is 1.85. The molecule has 0 amide bonds. The van der Waals surface area contributed by atoms with Gasteiger partial charge in [0.15, 0.2) is 0 Å². The van der Waals surface area contributed by atoms with Gasteiger partial charge < -0.3 is 5.73 Å². The molecule has 0 saturated heterocycles. The van der Waals surface area contributed by atoms with Crippen molar-refractivity contribution in [3.05, 3.63) is 51.4 Å². The van der Waals surface area contributed by atoms with Crippen molar-refractivity contribution in [1.82, 2.24) is 9.78 Å². The number of aromatic nitrogens is 2. The van der Waals surface area contributed by atoms with Gasteiger partial charge in [0.2, 0.25) is 0 Å². The summed E-state index contributed by atoms with van der Waals surface area (Å²) in [4.78, 5) is 0. The molecule has 1 aromatic carbocycles. The third-order valence-corrected chi connectivity index (χ3v) is 3.57. The first kappa shape index (κ1) is 13.5. The highest BCUT2D eigenvalue weighted by Crippen LogP contribution is 2.18. The predicted molar refractivity (Wildman–Crippen MR) is 82.4 cm³/mol. The van der Waals surface area contributed by atoms with E-state index in [1.54, 1.807) is 0 Å². The van der Waals surface area contributed by atoms with Crippen LogP contribution in [0.1, 0.15) is 37.2 Å². The molecule has 1 heterocycles. The molecule has 1 atom stereocenters. The normalized spacial score (nSPS) is 12.9.